The van der Waals surface area contributed by atoms with Gasteiger partial charge in [-0.25, -0.2) is 9.83 Å². The molecule has 0 radical (unpaired) electrons. The number of aromatic nitrogens is 2. The minimum Gasteiger partial charge on any atom is -0.341 e. The van der Waals surface area contributed by atoms with Crippen LogP contribution in [-0.4, -0.2) is 28.7 Å². The largest absolute Gasteiger partial charge is 0.341 e. The summed E-state index contributed by atoms with van der Waals surface area (Å²) in [6, 6.07) is 13.8. The quantitative estimate of drug-likeness (QED) is 0.650. The molecule has 0 bridgehead atoms. The minimum absolute atomic E-state index is 0. The highest BCUT2D eigenvalue weighted by Gasteiger charge is 2.23. The van der Waals surface area contributed by atoms with E-state index in [4.69, 9.17) is 28.9 Å². The highest BCUT2D eigenvalue weighted by Crippen LogP contribution is 2.29. The molecule has 1 saturated heterocycles. The van der Waals surface area contributed by atoms with E-state index in [2.05, 4.69) is 20.4 Å². The summed E-state index contributed by atoms with van der Waals surface area (Å²) in [5.74, 6) is 0.937. The lowest BCUT2D eigenvalue weighted by Gasteiger charge is -2.32. The van der Waals surface area contributed by atoms with E-state index in [1.165, 1.54) is 0 Å². The number of nitrogens with zero attached hydrogens (tertiary/aromatic N) is 4. The summed E-state index contributed by atoms with van der Waals surface area (Å²) in [4.78, 5) is 10.6. The van der Waals surface area contributed by atoms with Crippen LogP contribution in [0.3, 0.4) is 0 Å². The van der Waals surface area contributed by atoms with E-state index < -0.39 is 0 Å². The molecule has 2 N–H and O–H groups in total. The van der Waals surface area contributed by atoms with E-state index in [1.54, 1.807) is 6.07 Å². The van der Waals surface area contributed by atoms with Gasteiger partial charge in [0, 0.05) is 24.2 Å². The van der Waals surface area contributed by atoms with Gasteiger partial charge in [0.2, 0.25) is 5.95 Å². The topological polar surface area (TPSA) is 51.4 Å². The molecule has 0 aliphatic carbocycles. The van der Waals surface area contributed by atoms with E-state index >= 15 is 0 Å². The van der Waals surface area contributed by atoms with Gasteiger partial charge in [0.15, 0.2) is 5.69 Å². The molecule has 2 aromatic carbocycles. The van der Waals surface area contributed by atoms with Crippen molar-refractivity contribution in [1.29, 1.82) is 0 Å². The standard InChI is InChI=1S/C20H20ClN5.ClH/c1-23-16-9-8-14(17(21)11-16)12-26-19-7-3-2-6-18(19)24-20(26)25-10-4-5-15(22)13-25;/h2-3,6-9,11,15H,4-5,10,12-13,22H2;1H/t15-;/m0./s1. The number of halogens is 2. The van der Waals surface area contributed by atoms with Gasteiger partial charge in [0.05, 0.1) is 24.2 Å². The van der Waals surface area contributed by atoms with Crippen LogP contribution in [-0.2, 0) is 6.54 Å². The van der Waals surface area contributed by atoms with Crippen molar-refractivity contribution < 1.29 is 0 Å². The number of hydrogen-bond donors (Lipinski definition) is 1. The third-order valence-electron chi connectivity index (χ3n) is 4.87. The zero-order valence-corrected chi connectivity index (χ0v) is 16.4. The van der Waals surface area contributed by atoms with E-state index in [9.17, 15) is 0 Å². The molecular weight excluding hydrogens is 381 g/mol. The van der Waals surface area contributed by atoms with Crippen LogP contribution in [0.2, 0.25) is 5.02 Å². The maximum absolute atomic E-state index is 7.13. The maximum atomic E-state index is 7.13. The minimum atomic E-state index is 0. The molecule has 4 rings (SSSR count). The van der Waals surface area contributed by atoms with Crippen LogP contribution in [0.1, 0.15) is 18.4 Å². The van der Waals surface area contributed by atoms with Crippen molar-refractivity contribution in [3.8, 4) is 0 Å². The highest BCUT2D eigenvalue weighted by atomic mass is 35.5. The summed E-state index contributed by atoms with van der Waals surface area (Å²) in [6.45, 7) is 9.52. The average molecular weight is 402 g/mol. The van der Waals surface area contributed by atoms with E-state index in [-0.39, 0.29) is 18.4 Å². The van der Waals surface area contributed by atoms with Crippen molar-refractivity contribution in [2.45, 2.75) is 25.4 Å². The second-order valence-electron chi connectivity index (χ2n) is 6.72. The van der Waals surface area contributed by atoms with Crippen LogP contribution in [0.5, 0.6) is 0 Å². The molecule has 0 amide bonds. The Morgan fingerprint density at radius 1 is 1.26 bits per heavy atom. The summed E-state index contributed by atoms with van der Waals surface area (Å²) in [5.41, 5.74) is 9.76. The molecule has 1 aliphatic heterocycles. The number of benzene rings is 2. The summed E-state index contributed by atoms with van der Waals surface area (Å²) in [6.07, 6.45) is 2.13. The molecule has 3 aromatic rings. The Kier molecular flexibility index (Phi) is 5.91. The first-order valence-electron chi connectivity index (χ1n) is 8.77. The fraction of sp³-hybridized carbons (Fsp3) is 0.300. The molecule has 0 unspecified atom stereocenters. The van der Waals surface area contributed by atoms with Gasteiger partial charge in [-0.2, -0.15) is 0 Å². The van der Waals surface area contributed by atoms with Crippen molar-refractivity contribution in [2.24, 2.45) is 5.73 Å². The molecule has 2 heterocycles. The lowest BCUT2D eigenvalue weighted by Crippen LogP contribution is -2.44. The first-order chi connectivity index (χ1) is 12.7. The van der Waals surface area contributed by atoms with Crippen molar-refractivity contribution in [1.82, 2.24) is 9.55 Å². The Bertz CT molecular complexity index is 992. The van der Waals surface area contributed by atoms with Gasteiger partial charge in [-0.1, -0.05) is 35.9 Å². The molecular formula is C20H21Cl2N5. The fourth-order valence-corrected chi connectivity index (χ4v) is 3.79. The van der Waals surface area contributed by atoms with Crippen LogP contribution in [0.25, 0.3) is 15.9 Å². The van der Waals surface area contributed by atoms with Crippen LogP contribution >= 0.6 is 24.0 Å². The van der Waals surface area contributed by atoms with Crippen molar-refractivity contribution in [2.75, 3.05) is 18.0 Å². The van der Waals surface area contributed by atoms with Crippen LogP contribution in [0, 0.1) is 6.57 Å². The van der Waals surface area contributed by atoms with Gasteiger partial charge < -0.3 is 15.2 Å². The van der Waals surface area contributed by atoms with E-state index in [0.29, 0.717) is 17.3 Å². The van der Waals surface area contributed by atoms with Gasteiger partial charge in [-0.3, -0.25) is 0 Å². The summed E-state index contributed by atoms with van der Waals surface area (Å²) >= 11 is 6.43. The number of piperidine rings is 1. The van der Waals surface area contributed by atoms with Crippen LogP contribution < -0.4 is 10.6 Å². The molecule has 1 aromatic heterocycles. The van der Waals surface area contributed by atoms with Crippen molar-refractivity contribution in [3.63, 3.8) is 0 Å². The number of anilines is 1. The fourth-order valence-electron chi connectivity index (χ4n) is 3.56. The Hall–Kier alpha value is -2.26. The Labute approximate surface area is 170 Å². The Morgan fingerprint density at radius 3 is 2.81 bits per heavy atom. The Morgan fingerprint density at radius 2 is 2.07 bits per heavy atom. The third-order valence-corrected chi connectivity index (χ3v) is 5.22. The van der Waals surface area contributed by atoms with Gasteiger partial charge in [0.25, 0.3) is 0 Å². The van der Waals surface area contributed by atoms with Gasteiger partial charge in [-0.05, 0) is 36.6 Å². The van der Waals surface area contributed by atoms with Gasteiger partial charge in [-0.15, -0.1) is 12.4 Å². The second-order valence-corrected chi connectivity index (χ2v) is 7.13. The molecule has 27 heavy (non-hydrogen) atoms. The molecule has 0 saturated carbocycles. The van der Waals surface area contributed by atoms with Crippen molar-refractivity contribution in [3.05, 3.63) is 64.5 Å². The number of nitrogens with two attached hydrogens (primary N) is 1. The van der Waals surface area contributed by atoms with E-state index in [1.807, 2.05) is 30.3 Å². The maximum Gasteiger partial charge on any atom is 0.206 e. The second kappa shape index (κ2) is 8.18. The monoisotopic (exact) mass is 401 g/mol. The number of hydrogen-bond acceptors (Lipinski definition) is 3. The SMILES string of the molecule is Cl.[C-]#[N+]c1ccc(Cn2c(N3CCC[C@H](N)C3)nc3ccccc32)c(Cl)c1. The summed E-state index contributed by atoms with van der Waals surface area (Å²) in [7, 11) is 0. The molecule has 1 aliphatic rings. The van der Waals surface area contributed by atoms with E-state index in [0.717, 1.165) is 48.5 Å². The summed E-state index contributed by atoms with van der Waals surface area (Å²) in [5, 5.41) is 0.609. The predicted octanol–water partition coefficient (Wildman–Crippen LogP) is 4.64. The third kappa shape index (κ3) is 3.89. The number of para-hydroxylation sites is 2. The average Bonchev–Trinajstić information content (AvgIpc) is 3.02. The van der Waals surface area contributed by atoms with Crippen LogP contribution in [0.15, 0.2) is 42.5 Å². The molecule has 7 heteroatoms. The molecule has 1 atom stereocenters. The lowest BCUT2D eigenvalue weighted by molar-refractivity contribution is 0.495. The normalized spacial score (nSPS) is 16.8. The molecule has 0 spiro atoms. The highest BCUT2D eigenvalue weighted by molar-refractivity contribution is 6.31. The molecule has 1 fully saturated rings. The molecule has 140 valence electrons. The van der Waals surface area contributed by atoms with Gasteiger partial charge in [0.1, 0.15) is 0 Å². The Balaban J connectivity index is 0.00000210. The van der Waals surface area contributed by atoms with Gasteiger partial charge >= 0.3 is 0 Å². The van der Waals surface area contributed by atoms with Crippen molar-refractivity contribution >= 4 is 46.7 Å². The summed E-state index contributed by atoms with van der Waals surface area (Å²) < 4.78 is 2.20. The molecule has 5 nitrogen and oxygen atoms in total. The smallest absolute Gasteiger partial charge is 0.206 e. The zero-order valence-electron chi connectivity index (χ0n) is 14.8. The zero-order chi connectivity index (χ0) is 18.1. The first kappa shape index (κ1) is 19.5. The van der Waals surface area contributed by atoms with Crippen LogP contribution in [0.4, 0.5) is 11.6 Å². The predicted molar refractivity (Wildman–Crippen MR) is 113 cm³/mol. The lowest BCUT2D eigenvalue weighted by atomic mass is 10.1. The number of fused-ring (bicyclic) bond motifs is 1. The number of imidazole rings is 1. The number of rotatable bonds is 3. The first-order valence-corrected chi connectivity index (χ1v) is 9.15.